The fourth-order valence-corrected chi connectivity index (χ4v) is 2.68. The fourth-order valence-electron chi connectivity index (χ4n) is 2.22. The number of likely N-dealkylation sites (tertiary alicyclic amines) is 1. The third kappa shape index (κ3) is 3.78. The van der Waals surface area contributed by atoms with Gasteiger partial charge in [0, 0.05) is 18.1 Å². The summed E-state index contributed by atoms with van der Waals surface area (Å²) < 4.78 is 5.59. The topological polar surface area (TPSA) is 49.8 Å². The van der Waals surface area contributed by atoms with Crippen molar-refractivity contribution in [3.63, 3.8) is 0 Å². The van der Waals surface area contributed by atoms with E-state index in [1.807, 2.05) is 0 Å². The average Bonchev–Trinajstić information content (AvgIpc) is 2.41. The van der Waals surface area contributed by atoms with Crippen molar-refractivity contribution in [2.24, 2.45) is 0 Å². The Bertz CT molecular complexity index is 495. The SMILES string of the molecule is CC(Oc1ccc(Cl)cc1Cl)C(=O)N1CCC[C@H](O)C1. The van der Waals surface area contributed by atoms with Gasteiger partial charge in [0.05, 0.1) is 11.1 Å². The molecule has 1 unspecified atom stereocenters. The number of carbonyl (C=O) groups is 1. The van der Waals surface area contributed by atoms with Crippen molar-refractivity contribution < 1.29 is 14.6 Å². The number of carbonyl (C=O) groups excluding carboxylic acids is 1. The second-order valence-electron chi connectivity index (χ2n) is 4.92. The van der Waals surface area contributed by atoms with Gasteiger partial charge >= 0.3 is 0 Å². The predicted molar refractivity (Wildman–Crippen MR) is 78.4 cm³/mol. The number of hydrogen-bond donors (Lipinski definition) is 1. The maximum atomic E-state index is 12.2. The Morgan fingerprint density at radius 1 is 1.50 bits per heavy atom. The summed E-state index contributed by atoms with van der Waals surface area (Å²) >= 11 is 11.8. The first kappa shape index (κ1) is 15.4. The Balaban J connectivity index is 2.00. The van der Waals surface area contributed by atoms with E-state index in [9.17, 15) is 9.90 Å². The van der Waals surface area contributed by atoms with E-state index in [0.29, 0.717) is 28.9 Å². The average molecular weight is 318 g/mol. The Hall–Kier alpha value is -0.970. The molecule has 1 aliphatic heterocycles. The standard InChI is InChI=1S/C14H17Cl2NO3/c1-9(14(19)17-6-2-3-11(18)8-17)20-13-5-4-10(15)7-12(13)16/h4-5,7,9,11,18H,2-3,6,8H2,1H3/t9?,11-/m0/s1. The van der Waals surface area contributed by atoms with Crippen molar-refractivity contribution in [1.82, 2.24) is 4.90 Å². The Labute approximate surface area is 128 Å². The van der Waals surface area contributed by atoms with Crippen molar-refractivity contribution in [2.75, 3.05) is 13.1 Å². The van der Waals surface area contributed by atoms with Crippen LogP contribution in [0.15, 0.2) is 18.2 Å². The van der Waals surface area contributed by atoms with Gasteiger partial charge in [-0.1, -0.05) is 23.2 Å². The molecule has 1 amide bonds. The van der Waals surface area contributed by atoms with Gasteiger partial charge in [0.25, 0.3) is 5.91 Å². The number of aliphatic hydroxyl groups is 1. The lowest BCUT2D eigenvalue weighted by atomic mass is 10.1. The number of β-amino-alcohol motifs (C(OH)–C–C–N with tert-alkyl or cyclic N) is 1. The number of piperidine rings is 1. The molecule has 1 fully saturated rings. The lowest BCUT2D eigenvalue weighted by Gasteiger charge is -2.32. The maximum Gasteiger partial charge on any atom is 0.263 e. The second-order valence-corrected chi connectivity index (χ2v) is 5.76. The molecule has 1 aromatic rings. The number of nitrogens with zero attached hydrogens (tertiary/aromatic N) is 1. The number of halogens is 2. The summed E-state index contributed by atoms with van der Waals surface area (Å²) in [5.41, 5.74) is 0. The van der Waals surface area contributed by atoms with E-state index in [-0.39, 0.29) is 5.91 Å². The van der Waals surface area contributed by atoms with E-state index in [1.165, 1.54) is 0 Å². The van der Waals surface area contributed by atoms with Gasteiger partial charge < -0.3 is 14.7 Å². The highest BCUT2D eigenvalue weighted by molar-refractivity contribution is 6.35. The zero-order valence-electron chi connectivity index (χ0n) is 11.2. The molecule has 0 aliphatic carbocycles. The van der Waals surface area contributed by atoms with E-state index < -0.39 is 12.2 Å². The molecular formula is C14H17Cl2NO3. The highest BCUT2D eigenvalue weighted by Gasteiger charge is 2.27. The molecule has 110 valence electrons. The number of rotatable bonds is 3. The molecule has 2 rings (SSSR count). The number of aliphatic hydroxyl groups excluding tert-OH is 1. The van der Waals surface area contributed by atoms with Crippen molar-refractivity contribution >= 4 is 29.1 Å². The Morgan fingerprint density at radius 3 is 2.90 bits per heavy atom. The number of amides is 1. The molecule has 20 heavy (non-hydrogen) atoms. The first-order valence-corrected chi connectivity index (χ1v) is 7.31. The van der Waals surface area contributed by atoms with Crippen molar-refractivity contribution in [2.45, 2.75) is 32.0 Å². The van der Waals surface area contributed by atoms with E-state index in [0.717, 1.165) is 12.8 Å². The van der Waals surface area contributed by atoms with E-state index in [2.05, 4.69) is 0 Å². The Kier molecular flexibility index (Phi) is 5.13. The van der Waals surface area contributed by atoms with Crippen molar-refractivity contribution in [3.05, 3.63) is 28.2 Å². The largest absolute Gasteiger partial charge is 0.479 e. The van der Waals surface area contributed by atoms with Crippen LogP contribution in [-0.2, 0) is 4.79 Å². The maximum absolute atomic E-state index is 12.2. The van der Waals surface area contributed by atoms with Crippen LogP contribution in [-0.4, -0.2) is 41.2 Å². The lowest BCUT2D eigenvalue weighted by molar-refractivity contribution is -0.141. The van der Waals surface area contributed by atoms with Gasteiger partial charge in [0.1, 0.15) is 5.75 Å². The summed E-state index contributed by atoms with van der Waals surface area (Å²) in [5, 5.41) is 10.5. The zero-order valence-corrected chi connectivity index (χ0v) is 12.7. The van der Waals surface area contributed by atoms with Crippen LogP contribution in [0.3, 0.4) is 0 Å². The molecule has 0 aromatic heterocycles. The predicted octanol–water partition coefficient (Wildman–Crippen LogP) is 2.74. The van der Waals surface area contributed by atoms with Crippen LogP contribution in [0.2, 0.25) is 10.0 Å². The summed E-state index contributed by atoms with van der Waals surface area (Å²) in [6, 6.07) is 4.87. The Morgan fingerprint density at radius 2 is 2.25 bits per heavy atom. The van der Waals surface area contributed by atoms with Gasteiger partial charge in [0.15, 0.2) is 6.10 Å². The minimum absolute atomic E-state index is 0.144. The van der Waals surface area contributed by atoms with Crippen LogP contribution < -0.4 is 4.74 Å². The minimum Gasteiger partial charge on any atom is -0.479 e. The molecule has 4 nitrogen and oxygen atoms in total. The van der Waals surface area contributed by atoms with Crippen LogP contribution in [0.4, 0.5) is 0 Å². The summed E-state index contributed by atoms with van der Waals surface area (Å²) in [5.74, 6) is 0.282. The summed E-state index contributed by atoms with van der Waals surface area (Å²) in [7, 11) is 0. The van der Waals surface area contributed by atoms with E-state index >= 15 is 0 Å². The minimum atomic E-state index is -0.654. The first-order valence-electron chi connectivity index (χ1n) is 6.56. The molecule has 2 atom stereocenters. The smallest absolute Gasteiger partial charge is 0.263 e. The highest BCUT2D eigenvalue weighted by atomic mass is 35.5. The molecule has 1 saturated heterocycles. The van der Waals surface area contributed by atoms with Gasteiger partial charge in [0.2, 0.25) is 0 Å². The van der Waals surface area contributed by atoms with Gasteiger partial charge in [-0.15, -0.1) is 0 Å². The quantitative estimate of drug-likeness (QED) is 0.932. The summed E-state index contributed by atoms with van der Waals surface area (Å²) in [4.78, 5) is 13.9. The van der Waals surface area contributed by atoms with Gasteiger partial charge in [-0.3, -0.25) is 4.79 Å². The molecule has 1 aromatic carbocycles. The molecule has 0 saturated carbocycles. The number of hydrogen-bond acceptors (Lipinski definition) is 3. The van der Waals surface area contributed by atoms with Crippen LogP contribution in [0.1, 0.15) is 19.8 Å². The molecule has 0 spiro atoms. The number of ether oxygens (including phenoxy) is 1. The van der Waals surface area contributed by atoms with Crippen LogP contribution in [0.5, 0.6) is 5.75 Å². The third-order valence-electron chi connectivity index (χ3n) is 3.25. The number of benzene rings is 1. The third-order valence-corrected chi connectivity index (χ3v) is 3.78. The monoisotopic (exact) mass is 317 g/mol. The molecule has 1 heterocycles. The molecule has 1 aliphatic rings. The van der Waals surface area contributed by atoms with Gasteiger partial charge in [-0.25, -0.2) is 0 Å². The summed E-state index contributed by atoms with van der Waals surface area (Å²) in [6.07, 6.45) is 0.446. The molecular weight excluding hydrogens is 301 g/mol. The van der Waals surface area contributed by atoms with Crippen LogP contribution in [0, 0.1) is 0 Å². The van der Waals surface area contributed by atoms with Crippen LogP contribution in [0.25, 0.3) is 0 Å². The normalized spacial score (nSPS) is 20.6. The first-order chi connectivity index (χ1) is 9.47. The van der Waals surface area contributed by atoms with Crippen molar-refractivity contribution in [1.29, 1.82) is 0 Å². The second kappa shape index (κ2) is 6.66. The molecule has 6 heteroatoms. The van der Waals surface area contributed by atoms with Gasteiger partial charge in [-0.05, 0) is 38.0 Å². The fraction of sp³-hybridized carbons (Fsp3) is 0.500. The van der Waals surface area contributed by atoms with Crippen molar-refractivity contribution in [3.8, 4) is 5.75 Å². The molecule has 1 N–H and O–H groups in total. The molecule has 0 bridgehead atoms. The van der Waals surface area contributed by atoms with Gasteiger partial charge in [-0.2, -0.15) is 0 Å². The highest BCUT2D eigenvalue weighted by Crippen LogP contribution is 2.28. The van der Waals surface area contributed by atoms with Crippen LogP contribution >= 0.6 is 23.2 Å². The summed E-state index contributed by atoms with van der Waals surface area (Å²) in [6.45, 7) is 2.69. The molecule has 0 radical (unpaired) electrons. The zero-order chi connectivity index (χ0) is 14.7. The van der Waals surface area contributed by atoms with E-state index in [4.69, 9.17) is 27.9 Å². The lowest BCUT2D eigenvalue weighted by Crippen LogP contribution is -2.47. The van der Waals surface area contributed by atoms with E-state index in [1.54, 1.807) is 30.0 Å².